The second-order valence-electron chi connectivity index (χ2n) is 4.32. The van der Waals surface area contributed by atoms with Crippen LogP contribution < -0.4 is 11.1 Å². The monoisotopic (exact) mass is 214 g/mol. The van der Waals surface area contributed by atoms with Crippen LogP contribution in [0.15, 0.2) is 0 Å². The molecule has 2 unspecified atom stereocenters. The van der Waals surface area contributed by atoms with E-state index in [0.29, 0.717) is 31.5 Å². The number of nitrogens with one attached hydrogen (secondary N) is 1. The molecule has 0 spiro atoms. The summed E-state index contributed by atoms with van der Waals surface area (Å²) in [6.07, 6.45) is 3.97. The van der Waals surface area contributed by atoms with E-state index in [9.17, 15) is 4.79 Å². The van der Waals surface area contributed by atoms with Gasteiger partial charge in [0, 0.05) is 19.6 Å². The van der Waals surface area contributed by atoms with Crippen LogP contribution in [0.1, 0.15) is 32.6 Å². The Labute approximate surface area is 91.5 Å². The van der Waals surface area contributed by atoms with Crippen molar-refractivity contribution in [3.63, 3.8) is 0 Å². The maximum atomic E-state index is 11.4. The summed E-state index contributed by atoms with van der Waals surface area (Å²) in [5.41, 5.74) is 5.46. The van der Waals surface area contributed by atoms with E-state index in [1.165, 1.54) is 0 Å². The lowest BCUT2D eigenvalue weighted by Gasteiger charge is -2.11. The highest BCUT2D eigenvalue weighted by molar-refractivity contribution is 5.75. The van der Waals surface area contributed by atoms with Gasteiger partial charge in [-0.3, -0.25) is 4.79 Å². The zero-order valence-electron chi connectivity index (χ0n) is 9.50. The minimum absolute atomic E-state index is 0.116. The molecule has 0 aromatic carbocycles. The molecular weight excluding hydrogens is 192 g/mol. The van der Waals surface area contributed by atoms with Gasteiger partial charge in [-0.15, -0.1) is 0 Å². The molecule has 0 aliphatic carbocycles. The summed E-state index contributed by atoms with van der Waals surface area (Å²) in [5, 5.41) is 2.88. The van der Waals surface area contributed by atoms with Gasteiger partial charge in [0.05, 0.1) is 6.10 Å². The van der Waals surface area contributed by atoms with Crippen LogP contribution >= 0.6 is 0 Å². The zero-order chi connectivity index (χ0) is 11.1. The molecule has 0 bridgehead atoms. The summed E-state index contributed by atoms with van der Waals surface area (Å²) in [7, 11) is 0. The minimum Gasteiger partial charge on any atom is -0.378 e. The molecule has 1 fully saturated rings. The number of carbonyl (C=O) groups excluding carboxylic acids is 1. The van der Waals surface area contributed by atoms with Crippen LogP contribution in [-0.4, -0.2) is 31.7 Å². The highest BCUT2D eigenvalue weighted by atomic mass is 16.5. The molecule has 1 rings (SSSR count). The molecule has 1 amide bonds. The predicted octanol–water partition coefficient (Wildman–Crippen LogP) is 0.657. The maximum Gasteiger partial charge on any atom is 0.220 e. The van der Waals surface area contributed by atoms with Crippen LogP contribution in [0.4, 0.5) is 0 Å². The quantitative estimate of drug-likeness (QED) is 0.682. The Kier molecular flexibility index (Phi) is 5.65. The van der Waals surface area contributed by atoms with E-state index >= 15 is 0 Å². The standard InChI is InChI=1S/C11H22N2O2/c1-9(7-12)8-13-11(14)5-4-10-3-2-6-15-10/h9-10H,2-8,12H2,1H3,(H,13,14). The third-order valence-corrected chi connectivity index (χ3v) is 2.77. The first kappa shape index (κ1) is 12.5. The molecule has 88 valence electrons. The molecule has 1 aliphatic rings. The molecule has 1 aliphatic heterocycles. The first-order chi connectivity index (χ1) is 7.22. The Morgan fingerprint density at radius 2 is 2.47 bits per heavy atom. The van der Waals surface area contributed by atoms with Gasteiger partial charge >= 0.3 is 0 Å². The second-order valence-corrected chi connectivity index (χ2v) is 4.32. The van der Waals surface area contributed by atoms with E-state index in [2.05, 4.69) is 5.32 Å². The van der Waals surface area contributed by atoms with Gasteiger partial charge in [0.15, 0.2) is 0 Å². The van der Waals surface area contributed by atoms with Gasteiger partial charge < -0.3 is 15.8 Å². The van der Waals surface area contributed by atoms with Gasteiger partial charge in [0.25, 0.3) is 0 Å². The fraction of sp³-hybridized carbons (Fsp3) is 0.909. The van der Waals surface area contributed by atoms with Crippen LogP contribution in [-0.2, 0) is 9.53 Å². The van der Waals surface area contributed by atoms with Crippen LogP contribution in [0.25, 0.3) is 0 Å². The number of hydrogen-bond acceptors (Lipinski definition) is 3. The summed E-state index contributed by atoms with van der Waals surface area (Å²) in [5.74, 6) is 0.475. The molecule has 2 atom stereocenters. The van der Waals surface area contributed by atoms with Crippen molar-refractivity contribution >= 4 is 5.91 Å². The molecule has 0 saturated carbocycles. The average Bonchev–Trinajstić information content (AvgIpc) is 2.75. The number of hydrogen-bond donors (Lipinski definition) is 2. The summed E-state index contributed by atoms with van der Waals surface area (Å²) >= 11 is 0. The van der Waals surface area contributed by atoms with Crippen LogP contribution in [0, 0.1) is 5.92 Å². The van der Waals surface area contributed by atoms with Gasteiger partial charge in [-0.25, -0.2) is 0 Å². The third-order valence-electron chi connectivity index (χ3n) is 2.77. The van der Waals surface area contributed by atoms with E-state index in [0.717, 1.165) is 25.9 Å². The number of rotatable bonds is 6. The van der Waals surface area contributed by atoms with Crippen molar-refractivity contribution in [2.75, 3.05) is 19.7 Å². The molecule has 15 heavy (non-hydrogen) atoms. The molecule has 4 heteroatoms. The van der Waals surface area contributed by atoms with Gasteiger partial charge in [-0.1, -0.05) is 6.92 Å². The highest BCUT2D eigenvalue weighted by Gasteiger charge is 2.16. The van der Waals surface area contributed by atoms with Gasteiger partial charge in [-0.2, -0.15) is 0 Å². The minimum atomic E-state index is 0.116. The van der Waals surface area contributed by atoms with E-state index in [-0.39, 0.29) is 5.91 Å². The van der Waals surface area contributed by atoms with Crippen LogP contribution in [0.5, 0.6) is 0 Å². The summed E-state index contributed by atoms with van der Waals surface area (Å²) in [6.45, 7) is 4.18. The Bertz CT molecular complexity index is 191. The molecule has 0 aromatic heterocycles. The molecule has 3 N–H and O–H groups in total. The molecular formula is C11H22N2O2. The Balaban J connectivity index is 2.02. The molecule has 1 heterocycles. The number of nitrogens with two attached hydrogens (primary N) is 1. The SMILES string of the molecule is CC(CN)CNC(=O)CCC1CCCO1. The van der Waals surface area contributed by atoms with Crippen LogP contribution in [0.2, 0.25) is 0 Å². The van der Waals surface area contributed by atoms with E-state index in [1.54, 1.807) is 0 Å². The number of amides is 1. The first-order valence-electron chi connectivity index (χ1n) is 5.80. The van der Waals surface area contributed by atoms with Crippen molar-refractivity contribution in [3.05, 3.63) is 0 Å². The van der Waals surface area contributed by atoms with E-state index in [1.807, 2.05) is 6.92 Å². The lowest BCUT2D eigenvalue weighted by Crippen LogP contribution is -2.31. The van der Waals surface area contributed by atoms with Gasteiger partial charge in [0.1, 0.15) is 0 Å². The predicted molar refractivity (Wildman–Crippen MR) is 59.4 cm³/mol. The average molecular weight is 214 g/mol. The number of ether oxygens (including phenoxy) is 1. The summed E-state index contributed by atoms with van der Waals surface area (Å²) < 4.78 is 5.45. The van der Waals surface area contributed by atoms with Crippen molar-refractivity contribution in [3.8, 4) is 0 Å². The molecule has 4 nitrogen and oxygen atoms in total. The van der Waals surface area contributed by atoms with Gasteiger partial charge in [-0.05, 0) is 31.7 Å². The Morgan fingerprint density at radius 3 is 3.07 bits per heavy atom. The van der Waals surface area contributed by atoms with Gasteiger partial charge in [0.2, 0.25) is 5.91 Å². The van der Waals surface area contributed by atoms with E-state index in [4.69, 9.17) is 10.5 Å². The summed E-state index contributed by atoms with van der Waals surface area (Å²) in [4.78, 5) is 11.4. The van der Waals surface area contributed by atoms with Crippen molar-refractivity contribution in [2.24, 2.45) is 11.7 Å². The second kappa shape index (κ2) is 6.80. The van der Waals surface area contributed by atoms with Crippen molar-refractivity contribution < 1.29 is 9.53 Å². The fourth-order valence-corrected chi connectivity index (χ4v) is 1.62. The lowest BCUT2D eigenvalue weighted by molar-refractivity contribution is -0.121. The normalized spacial score (nSPS) is 22.7. The fourth-order valence-electron chi connectivity index (χ4n) is 1.62. The van der Waals surface area contributed by atoms with Crippen molar-refractivity contribution in [1.82, 2.24) is 5.32 Å². The highest BCUT2D eigenvalue weighted by Crippen LogP contribution is 2.16. The van der Waals surface area contributed by atoms with Crippen molar-refractivity contribution in [2.45, 2.75) is 38.7 Å². The molecule has 1 saturated heterocycles. The summed E-state index contributed by atoms with van der Waals surface area (Å²) in [6, 6.07) is 0. The zero-order valence-corrected chi connectivity index (χ0v) is 9.50. The Morgan fingerprint density at radius 1 is 1.67 bits per heavy atom. The topological polar surface area (TPSA) is 64.3 Å². The molecule has 0 aromatic rings. The lowest BCUT2D eigenvalue weighted by atomic mass is 10.1. The molecule has 0 radical (unpaired) electrons. The van der Waals surface area contributed by atoms with Crippen molar-refractivity contribution in [1.29, 1.82) is 0 Å². The maximum absolute atomic E-state index is 11.4. The van der Waals surface area contributed by atoms with Crippen LogP contribution in [0.3, 0.4) is 0 Å². The number of carbonyl (C=O) groups is 1. The smallest absolute Gasteiger partial charge is 0.220 e. The van der Waals surface area contributed by atoms with E-state index < -0.39 is 0 Å². The third kappa shape index (κ3) is 5.14. The first-order valence-corrected chi connectivity index (χ1v) is 5.80. The Hall–Kier alpha value is -0.610. The largest absolute Gasteiger partial charge is 0.378 e.